The van der Waals surface area contributed by atoms with Crippen LogP contribution in [0.25, 0.3) is 11.1 Å². The third-order valence-corrected chi connectivity index (χ3v) is 7.27. The van der Waals surface area contributed by atoms with Crippen molar-refractivity contribution in [2.75, 3.05) is 27.2 Å². The Hall–Kier alpha value is -2.97. The fourth-order valence-electron chi connectivity index (χ4n) is 5.23. The number of rotatable bonds is 6. The predicted molar refractivity (Wildman–Crippen MR) is 124 cm³/mol. The van der Waals surface area contributed by atoms with Crippen LogP contribution in [0.1, 0.15) is 34.9 Å². The first-order valence-electron chi connectivity index (χ1n) is 11.6. The quantitative estimate of drug-likeness (QED) is 0.609. The van der Waals surface area contributed by atoms with Gasteiger partial charge in [0.25, 0.3) is 11.5 Å². The normalized spacial score (nSPS) is 25.4. The van der Waals surface area contributed by atoms with Gasteiger partial charge >= 0.3 is 0 Å². The number of benzene rings is 1. The summed E-state index contributed by atoms with van der Waals surface area (Å²) in [6, 6.07) is 10.2. The maximum absolute atomic E-state index is 13.4. The number of carbonyl (C=O) groups is 2. The molecule has 1 aliphatic carbocycles. The van der Waals surface area contributed by atoms with Crippen LogP contribution in [0, 0.1) is 17.8 Å². The van der Waals surface area contributed by atoms with Crippen molar-refractivity contribution in [3.8, 4) is 11.1 Å². The van der Waals surface area contributed by atoms with Crippen LogP contribution in [0.4, 0.5) is 0 Å². The van der Waals surface area contributed by atoms with Crippen LogP contribution in [0.3, 0.4) is 0 Å². The molecule has 0 spiro atoms. The number of carbonyl (C=O) groups excluding carboxylic acids is 2. The summed E-state index contributed by atoms with van der Waals surface area (Å²) in [5.41, 5.74) is 2.48. The molecule has 2 aromatic rings. The van der Waals surface area contributed by atoms with Gasteiger partial charge in [0.15, 0.2) is 0 Å². The highest BCUT2D eigenvalue weighted by Gasteiger charge is 2.50. The summed E-state index contributed by atoms with van der Waals surface area (Å²) in [5, 5.41) is 16.5. The van der Waals surface area contributed by atoms with Crippen molar-refractivity contribution >= 4 is 11.8 Å². The number of aliphatic hydroxyl groups is 1. The molecule has 3 aliphatic rings. The van der Waals surface area contributed by atoms with Crippen LogP contribution in [-0.2, 0) is 11.3 Å². The zero-order valence-corrected chi connectivity index (χ0v) is 19.0. The molecule has 2 aliphatic heterocycles. The van der Waals surface area contributed by atoms with E-state index in [-0.39, 0.29) is 41.9 Å². The second-order valence-corrected chi connectivity index (χ2v) is 9.69. The lowest BCUT2D eigenvalue weighted by Gasteiger charge is -2.21. The van der Waals surface area contributed by atoms with Crippen LogP contribution in [-0.4, -0.2) is 59.7 Å². The number of hydrogen-bond acceptors (Lipinski definition) is 5. The topological polar surface area (TPSA) is 104 Å². The van der Waals surface area contributed by atoms with Gasteiger partial charge < -0.3 is 19.9 Å². The zero-order chi connectivity index (χ0) is 23.3. The first kappa shape index (κ1) is 21.9. The maximum atomic E-state index is 13.4. The monoisotopic (exact) mass is 450 g/mol. The van der Waals surface area contributed by atoms with Crippen molar-refractivity contribution < 1.29 is 14.7 Å². The minimum Gasteiger partial charge on any atom is -0.396 e. The fourth-order valence-corrected chi connectivity index (χ4v) is 5.23. The highest BCUT2D eigenvalue weighted by Crippen LogP contribution is 2.43. The fraction of sp³-hybridized carbons (Fsp3) is 0.480. The van der Waals surface area contributed by atoms with Gasteiger partial charge in [-0.15, -0.1) is 0 Å². The smallest absolute Gasteiger partial charge is 0.258 e. The van der Waals surface area contributed by atoms with E-state index in [0.29, 0.717) is 35.7 Å². The first-order valence-corrected chi connectivity index (χ1v) is 11.6. The Morgan fingerprint density at radius 2 is 2.00 bits per heavy atom. The first-order chi connectivity index (χ1) is 15.9. The summed E-state index contributed by atoms with van der Waals surface area (Å²) in [5.74, 6) is 0.123. The molecule has 3 heterocycles. The molecule has 2 amide bonds. The summed E-state index contributed by atoms with van der Waals surface area (Å²) < 4.78 is 1.75. The maximum Gasteiger partial charge on any atom is 0.258 e. The number of nitrogens with zero attached hydrogens (tertiary/aromatic N) is 2. The molecule has 8 heteroatoms. The summed E-state index contributed by atoms with van der Waals surface area (Å²) in [6.07, 6.45) is 2.33. The number of aliphatic hydroxyl groups excluding tert-OH is 1. The van der Waals surface area contributed by atoms with E-state index >= 15 is 0 Å². The average molecular weight is 451 g/mol. The van der Waals surface area contributed by atoms with Gasteiger partial charge in [-0.3, -0.25) is 19.7 Å². The molecule has 1 saturated carbocycles. The summed E-state index contributed by atoms with van der Waals surface area (Å²) >= 11 is 0. The van der Waals surface area contributed by atoms with Gasteiger partial charge in [-0.25, -0.2) is 0 Å². The van der Waals surface area contributed by atoms with Gasteiger partial charge in [0.05, 0.1) is 12.1 Å². The second-order valence-electron chi connectivity index (χ2n) is 9.69. The van der Waals surface area contributed by atoms with E-state index in [4.69, 9.17) is 0 Å². The molecule has 8 nitrogen and oxygen atoms in total. The number of nitrogens with one attached hydrogen (secondary N) is 2. The Bertz CT molecular complexity index is 1150. The Morgan fingerprint density at radius 3 is 2.70 bits per heavy atom. The van der Waals surface area contributed by atoms with Gasteiger partial charge in [0, 0.05) is 62.4 Å². The van der Waals surface area contributed by atoms with E-state index in [2.05, 4.69) is 10.6 Å². The average Bonchev–Trinajstić information content (AvgIpc) is 3.47. The summed E-state index contributed by atoms with van der Waals surface area (Å²) in [7, 11) is 3.39. The summed E-state index contributed by atoms with van der Waals surface area (Å²) in [4.78, 5) is 40.0. The molecule has 3 N–H and O–H groups in total. The largest absolute Gasteiger partial charge is 0.396 e. The molecule has 174 valence electrons. The Balaban J connectivity index is 1.41. The van der Waals surface area contributed by atoms with Crippen molar-refractivity contribution in [2.24, 2.45) is 17.8 Å². The molecular weight excluding hydrogens is 420 g/mol. The van der Waals surface area contributed by atoms with Crippen molar-refractivity contribution in [3.63, 3.8) is 0 Å². The molecule has 2 fully saturated rings. The lowest BCUT2D eigenvalue weighted by molar-refractivity contribution is -0.124. The lowest BCUT2D eigenvalue weighted by atomic mass is 9.88. The molecule has 0 unspecified atom stereocenters. The Labute approximate surface area is 192 Å². The van der Waals surface area contributed by atoms with E-state index in [9.17, 15) is 19.5 Å². The zero-order valence-electron chi connectivity index (χ0n) is 19.0. The minimum atomic E-state index is -0.457. The van der Waals surface area contributed by atoms with Crippen molar-refractivity contribution in [1.82, 2.24) is 20.1 Å². The molecule has 4 atom stereocenters. The minimum absolute atomic E-state index is 0.0312. The molecule has 0 bridgehead atoms. The number of hydrogen-bond donors (Lipinski definition) is 3. The van der Waals surface area contributed by atoms with Gasteiger partial charge in [-0.2, -0.15) is 0 Å². The van der Waals surface area contributed by atoms with E-state index < -0.39 is 6.04 Å². The Morgan fingerprint density at radius 1 is 1.21 bits per heavy atom. The molecule has 33 heavy (non-hydrogen) atoms. The molecule has 1 aromatic carbocycles. The number of fused-ring (bicyclic) bond motifs is 3. The molecule has 0 radical (unpaired) electrons. The van der Waals surface area contributed by atoms with Crippen LogP contribution in [0.2, 0.25) is 0 Å². The van der Waals surface area contributed by atoms with Crippen LogP contribution >= 0.6 is 0 Å². The number of aromatic nitrogens is 1. The van der Waals surface area contributed by atoms with Gasteiger partial charge in [-0.05, 0) is 48.6 Å². The third kappa shape index (κ3) is 3.87. The Kier molecular flexibility index (Phi) is 5.58. The molecule has 5 rings (SSSR count). The standard InChI is InChI=1S/C25H30N4O4/c1-28(2)24(32)16-5-3-4-15(10-16)17-8-9-20-21-18(12-29(20)25(17)33)19(13-30)22(27-21)23(31)26-11-14-6-7-14/h3-5,8-10,14,18-19,21-22,27,30H,6-7,11-13H2,1-2H3,(H,26,31)/t18-,19-,21+,22-/m1/s1. The van der Waals surface area contributed by atoms with Gasteiger partial charge in [-0.1, -0.05) is 12.1 Å². The highest BCUT2D eigenvalue weighted by atomic mass is 16.3. The van der Waals surface area contributed by atoms with Crippen molar-refractivity contribution in [2.45, 2.75) is 31.5 Å². The van der Waals surface area contributed by atoms with Gasteiger partial charge in [0.1, 0.15) is 0 Å². The van der Waals surface area contributed by atoms with Crippen LogP contribution in [0.15, 0.2) is 41.2 Å². The predicted octanol–water partition coefficient (Wildman–Crippen LogP) is 0.994. The highest BCUT2D eigenvalue weighted by molar-refractivity contribution is 5.95. The lowest BCUT2D eigenvalue weighted by Crippen LogP contribution is -2.46. The number of amides is 2. The summed E-state index contributed by atoms with van der Waals surface area (Å²) in [6.45, 7) is 1.03. The third-order valence-electron chi connectivity index (χ3n) is 7.27. The molecular formula is C25H30N4O4. The SMILES string of the molecule is CN(C)C(=O)c1cccc(-c2ccc3n(c2=O)C[C@@H]2[C@@H](CO)[C@H](C(=O)NCC4CC4)N[C@H]32)c1. The molecule has 1 aromatic heterocycles. The van der Waals surface area contributed by atoms with E-state index in [1.807, 2.05) is 12.1 Å². The van der Waals surface area contributed by atoms with E-state index in [1.165, 1.54) is 4.90 Å². The van der Waals surface area contributed by atoms with Crippen molar-refractivity contribution in [3.05, 3.63) is 58.0 Å². The second kappa shape index (κ2) is 8.43. The van der Waals surface area contributed by atoms with Crippen molar-refractivity contribution in [1.29, 1.82) is 0 Å². The van der Waals surface area contributed by atoms with Crippen LogP contribution in [0.5, 0.6) is 0 Å². The van der Waals surface area contributed by atoms with Gasteiger partial charge in [0.2, 0.25) is 5.91 Å². The number of pyridine rings is 1. The van der Waals surface area contributed by atoms with Crippen LogP contribution < -0.4 is 16.2 Å². The molecule has 1 saturated heterocycles. The van der Waals surface area contributed by atoms with E-state index in [0.717, 1.165) is 18.5 Å². The van der Waals surface area contributed by atoms with E-state index in [1.54, 1.807) is 42.9 Å².